The third-order valence-corrected chi connectivity index (χ3v) is 4.89. The van der Waals surface area contributed by atoms with Gasteiger partial charge in [0.25, 0.3) is 11.8 Å². The molecule has 8 heteroatoms. The van der Waals surface area contributed by atoms with Gasteiger partial charge in [0.1, 0.15) is 0 Å². The van der Waals surface area contributed by atoms with Gasteiger partial charge in [-0.15, -0.1) is 0 Å². The van der Waals surface area contributed by atoms with Gasteiger partial charge in [-0.3, -0.25) is 14.6 Å². The van der Waals surface area contributed by atoms with Gasteiger partial charge in [-0.2, -0.15) is 0 Å². The molecule has 154 valence electrons. The highest BCUT2D eigenvalue weighted by molar-refractivity contribution is 5.96. The van der Waals surface area contributed by atoms with Crippen molar-refractivity contribution in [3.8, 4) is 0 Å². The molecule has 2 amide bonds. The number of nitrogens with zero attached hydrogens (tertiary/aromatic N) is 5. The summed E-state index contributed by atoms with van der Waals surface area (Å²) in [6.45, 7) is 6.85. The number of carbonyl (C=O) groups is 2. The third-order valence-electron chi connectivity index (χ3n) is 4.89. The fourth-order valence-corrected chi connectivity index (χ4v) is 3.37. The van der Waals surface area contributed by atoms with E-state index in [1.807, 2.05) is 45.8 Å². The number of nitrogens with one attached hydrogen (secondary N) is 1. The predicted octanol–water partition coefficient (Wildman–Crippen LogP) is 2.01. The normalized spacial score (nSPS) is 16.2. The topological polar surface area (TPSA) is 91.3 Å². The smallest absolute Gasteiger partial charge is 0.255 e. The Balaban J connectivity index is 1.85. The Morgan fingerprint density at radius 1 is 1.21 bits per heavy atom. The van der Waals surface area contributed by atoms with Crippen LogP contribution in [0.15, 0.2) is 24.5 Å². The van der Waals surface area contributed by atoms with Gasteiger partial charge < -0.3 is 15.1 Å². The van der Waals surface area contributed by atoms with Gasteiger partial charge in [0.2, 0.25) is 5.95 Å². The number of carbonyl (C=O) groups excluding carboxylic acids is 2. The molecule has 0 aromatic carbocycles. The maximum absolute atomic E-state index is 12.8. The Hall–Kier alpha value is -3.03. The van der Waals surface area contributed by atoms with E-state index >= 15 is 0 Å². The number of aromatic nitrogens is 3. The number of rotatable bonds is 5. The molecule has 0 spiro atoms. The summed E-state index contributed by atoms with van der Waals surface area (Å²) in [6.07, 6.45) is 3.95. The zero-order valence-corrected chi connectivity index (χ0v) is 17.6. The molecule has 3 rings (SSSR count). The molecular weight excluding hydrogens is 368 g/mol. The lowest BCUT2D eigenvalue weighted by Crippen LogP contribution is -2.32. The molecular formula is C21H28N6O2. The fraction of sp³-hybridized carbons (Fsp3) is 0.476. The first-order chi connectivity index (χ1) is 13.8. The van der Waals surface area contributed by atoms with E-state index < -0.39 is 0 Å². The average Bonchev–Trinajstić information content (AvgIpc) is 3.17. The first-order valence-electron chi connectivity index (χ1n) is 9.83. The van der Waals surface area contributed by atoms with Crippen LogP contribution in [-0.4, -0.2) is 64.9 Å². The van der Waals surface area contributed by atoms with Crippen LogP contribution in [0.25, 0.3) is 0 Å². The standard InChI is InChI=1S/C21H28N6O2/c1-13(2)24-19(28)17-11-23-21(26(4)5)25-18(17)16-8-9-27(12-16)20(29)15-7-6-14(3)22-10-15/h6-7,10-11,13,16H,8-9,12H2,1-5H3,(H,24,28). The Morgan fingerprint density at radius 3 is 2.59 bits per heavy atom. The SMILES string of the molecule is Cc1ccc(C(=O)N2CCC(c3nc(N(C)C)ncc3C(=O)NC(C)C)C2)cn1. The molecule has 8 nitrogen and oxygen atoms in total. The van der Waals surface area contributed by atoms with Crippen LogP contribution >= 0.6 is 0 Å². The molecule has 3 heterocycles. The van der Waals surface area contributed by atoms with E-state index in [1.165, 1.54) is 0 Å². The third kappa shape index (κ3) is 4.70. The van der Waals surface area contributed by atoms with E-state index in [9.17, 15) is 9.59 Å². The highest BCUT2D eigenvalue weighted by Crippen LogP contribution is 2.30. The van der Waals surface area contributed by atoms with Crippen LogP contribution in [0.3, 0.4) is 0 Å². The summed E-state index contributed by atoms with van der Waals surface area (Å²) < 4.78 is 0. The number of anilines is 1. The van der Waals surface area contributed by atoms with Crippen LogP contribution in [0, 0.1) is 6.92 Å². The van der Waals surface area contributed by atoms with Crippen LogP contribution in [0.5, 0.6) is 0 Å². The molecule has 0 saturated carbocycles. The van der Waals surface area contributed by atoms with Crippen LogP contribution < -0.4 is 10.2 Å². The molecule has 2 aromatic heterocycles. The number of aryl methyl sites for hydroxylation is 1. The summed E-state index contributed by atoms with van der Waals surface area (Å²) in [4.78, 5) is 42.3. The first-order valence-corrected chi connectivity index (χ1v) is 9.83. The molecule has 1 N–H and O–H groups in total. The lowest BCUT2D eigenvalue weighted by molar-refractivity contribution is 0.0790. The van der Waals surface area contributed by atoms with E-state index in [0.717, 1.165) is 12.1 Å². The molecule has 1 atom stereocenters. The first kappa shape index (κ1) is 20.7. The minimum absolute atomic E-state index is 0.0135. The maximum atomic E-state index is 12.8. The monoisotopic (exact) mass is 396 g/mol. The summed E-state index contributed by atoms with van der Waals surface area (Å²) in [7, 11) is 3.73. The number of amides is 2. The van der Waals surface area contributed by atoms with Crippen molar-refractivity contribution in [1.29, 1.82) is 0 Å². The number of likely N-dealkylation sites (tertiary alicyclic amines) is 1. The van der Waals surface area contributed by atoms with Crippen molar-refractivity contribution in [1.82, 2.24) is 25.2 Å². The second-order valence-corrected chi connectivity index (χ2v) is 7.92. The van der Waals surface area contributed by atoms with E-state index in [1.54, 1.807) is 23.4 Å². The Bertz CT molecular complexity index is 895. The number of pyridine rings is 1. The molecule has 1 aliphatic rings. The van der Waals surface area contributed by atoms with Crippen molar-refractivity contribution in [3.05, 3.63) is 47.0 Å². The summed E-state index contributed by atoms with van der Waals surface area (Å²) >= 11 is 0. The van der Waals surface area contributed by atoms with Gasteiger partial charge in [0, 0.05) is 57.2 Å². The molecule has 1 unspecified atom stereocenters. The quantitative estimate of drug-likeness (QED) is 0.831. The second-order valence-electron chi connectivity index (χ2n) is 7.92. The minimum atomic E-state index is -0.187. The van der Waals surface area contributed by atoms with Crippen LogP contribution in [-0.2, 0) is 0 Å². The van der Waals surface area contributed by atoms with Crippen molar-refractivity contribution in [2.45, 2.75) is 39.2 Å². The van der Waals surface area contributed by atoms with Gasteiger partial charge >= 0.3 is 0 Å². The lowest BCUT2D eigenvalue weighted by atomic mass is 9.99. The van der Waals surface area contributed by atoms with Crippen molar-refractivity contribution in [3.63, 3.8) is 0 Å². The van der Waals surface area contributed by atoms with Gasteiger partial charge in [-0.25, -0.2) is 9.97 Å². The van der Waals surface area contributed by atoms with Gasteiger partial charge in [0.05, 0.1) is 16.8 Å². The zero-order chi connectivity index (χ0) is 21.1. The Kier molecular flexibility index (Phi) is 6.10. The maximum Gasteiger partial charge on any atom is 0.255 e. The molecule has 1 saturated heterocycles. The van der Waals surface area contributed by atoms with Crippen molar-refractivity contribution < 1.29 is 9.59 Å². The zero-order valence-electron chi connectivity index (χ0n) is 17.6. The predicted molar refractivity (Wildman–Crippen MR) is 111 cm³/mol. The second kappa shape index (κ2) is 8.55. The summed E-state index contributed by atoms with van der Waals surface area (Å²) in [5.74, 6) is 0.295. The van der Waals surface area contributed by atoms with Crippen LogP contribution in [0.2, 0.25) is 0 Å². The van der Waals surface area contributed by atoms with Gasteiger partial charge in [-0.05, 0) is 39.3 Å². The molecule has 29 heavy (non-hydrogen) atoms. The summed E-state index contributed by atoms with van der Waals surface area (Å²) in [6, 6.07) is 3.65. The molecule has 2 aromatic rings. The Morgan fingerprint density at radius 2 is 1.97 bits per heavy atom. The van der Waals surface area contributed by atoms with E-state index in [2.05, 4.69) is 20.3 Å². The highest BCUT2D eigenvalue weighted by Gasteiger charge is 2.32. The van der Waals surface area contributed by atoms with Crippen molar-refractivity contribution >= 4 is 17.8 Å². The van der Waals surface area contributed by atoms with Crippen LogP contribution in [0.1, 0.15) is 58.3 Å². The largest absolute Gasteiger partial charge is 0.350 e. The summed E-state index contributed by atoms with van der Waals surface area (Å²) in [5.41, 5.74) is 2.62. The van der Waals surface area contributed by atoms with Gasteiger partial charge in [0.15, 0.2) is 0 Å². The number of hydrogen-bond donors (Lipinski definition) is 1. The van der Waals surface area contributed by atoms with Crippen molar-refractivity contribution in [2.75, 3.05) is 32.1 Å². The highest BCUT2D eigenvalue weighted by atomic mass is 16.2. The van der Waals surface area contributed by atoms with E-state index in [0.29, 0.717) is 35.9 Å². The molecule has 1 aliphatic heterocycles. The Labute approximate surface area is 171 Å². The molecule has 0 radical (unpaired) electrons. The number of hydrogen-bond acceptors (Lipinski definition) is 6. The van der Waals surface area contributed by atoms with Gasteiger partial charge in [-0.1, -0.05) is 0 Å². The van der Waals surface area contributed by atoms with Crippen molar-refractivity contribution in [2.24, 2.45) is 0 Å². The van der Waals surface area contributed by atoms with E-state index in [4.69, 9.17) is 0 Å². The van der Waals surface area contributed by atoms with E-state index in [-0.39, 0.29) is 23.8 Å². The molecule has 1 fully saturated rings. The molecule has 0 aliphatic carbocycles. The average molecular weight is 396 g/mol. The van der Waals surface area contributed by atoms with Crippen LogP contribution in [0.4, 0.5) is 5.95 Å². The lowest BCUT2D eigenvalue weighted by Gasteiger charge is -2.19. The molecule has 0 bridgehead atoms. The minimum Gasteiger partial charge on any atom is -0.350 e. The fourth-order valence-electron chi connectivity index (χ4n) is 3.37. The summed E-state index contributed by atoms with van der Waals surface area (Å²) in [5, 5.41) is 2.92.